The van der Waals surface area contributed by atoms with Crippen molar-refractivity contribution in [1.29, 1.82) is 0 Å². The average Bonchev–Trinajstić information content (AvgIpc) is 2.34. The van der Waals surface area contributed by atoms with E-state index in [9.17, 15) is 0 Å². The van der Waals surface area contributed by atoms with E-state index in [0.29, 0.717) is 25.4 Å². The topological polar surface area (TPSA) is 27.7 Å². The summed E-state index contributed by atoms with van der Waals surface area (Å²) in [5.41, 5.74) is 0.648. The predicted octanol–water partition coefficient (Wildman–Crippen LogP) is 1.99. The van der Waals surface area contributed by atoms with Gasteiger partial charge in [0, 0.05) is 14.2 Å². The summed E-state index contributed by atoms with van der Waals surface area (Å²) in [5.74, 6) is 11.5. The molecule has 0 radical (unpaired) electrons. The van der Waals surface area contributed by atoms with Gasteiger partial charge in [0.1, 0.15) is 25.0 Å². The van der Waals surface area contributed by atoms with E-state index in [0.717, 1.165) is 12.8 Å². The summed E-state index contributed by atoms with van der Waals surface area (Å²) >= 11 is 0. The van der Waals surface area contributed by atoms with Crippen LogP contribution in [-0.4, -0.2) is 34.0 Å². The minimum Gasteiger partial charge on any atom is -0.499 e. The zero-order valence-electron chi connectivity index (χ0n) is 10.8. The average molecular weight is 236 g/mol. The highest BCUT2D eigenvalue weighted by molar-refractivity contribution is 5.43. The summed E-state index contributed by atoms with van der Waals surface area (Å²) < 4.78 is 15.0. The van der Waals surface area contributed by atoms with E-state index < -0.39 is 0 Å². The fourth-order valence-electron chi connectivity index (χ4n) is 0.867. The maximum Gasteiger partial charge on any atom is 0.109 e. The van der Waals surface area contributed by atoms with E-state index in [1.807, 2.05) is 0 Å². The second-order valence-corrected chi connectivity index (χ2v) is 3.23. The van der Waals surface area contributed by atoms with E-state index in [1.165, 1.54) is 0 Å². The number of allylic oxidation sites excluding steroid dienone is 1. The second-order valence-electron chi connectivity index (χ2n) is 3.23. The summed E-state index contributed by atoms with van der Waals surface area (Å²) in [4.78, 5) is 0. The summed E-state index contributed by atoms with van der Waals surface area (Å²) in [5, 5.41) is 0. The van der Waals surface area contributed by atoms with Crippen LogP contribution < -0.4 is 0 Å². The van der Waals surface area contributed by atoms with Crippen molar-refractivity contribution in [3.8, 4) is 23.7 Å². The van der Waals surface area contributed by atoms with Gasteiger partial charge in [-0.05, 0) is 6.42 Å². The SMILES string of the molecule is CCCCOC=C(C#CCOC)C#CCOC. The first-order chi connectivity index (χ1) is 8.35. The van der Waals surface area contributed by atoms with Gasteiger partial charge in [0.25, 0.3) is 0 Å². The number of ether oxygens (including phenoxy) is 3. The third-order valence-electron chi connectivity index (χ3n) is 1.70. The normalized spacial score (nSPS) is 8.41. The highest BCUT2D eigenvalue weighted by atomic mass is 16.5. The van der Waals surface area contributed by atoms with Crippen molar-refractivity contribution in [3.05, 3.63) is 11.8 Å². The Morgan fingerprint density at radius 1 is 1.06 bits per heavy atom. The fraction of sp³-hybridized carbons (Fsp3) is 0.571. The van der Waals surface area contributed by atoms with E-state index in [4.69, 9.17) is 14.2 Å². The van der Waals surface area contributed by atoms with Crippen LogP contribution in [0.4, 0.5) is 0 Å². The molecule has 0 N–H and O–H groups in total. The molecule has 3 nitrogen and oxygen atoms in total. The Balaban J connectivity index is 4.31. The molecule has 0 aliphatic carbocycles. The summed E-state index contributed by atoms with van der Waals surface area (Å²) in [7, 11) is 3.21. The molecule has 17 heavy (non-hydrogen) atoms. The molecule has 0 aliphatic rings. The molecule has 0 atom stereocenters. The van der Waals surface area contributed by atoms with Crippen molar-refractivity contribution < 1.29 is 14.2 Å². The molecule has 94 valence electrons. The van der Waals surface area contributed by atoms with Crippen molar-refractivity contribution in [3.63, 3.8) is 0 Å². The van der Waals surface area contributed by atoms with E-state index >= 15 is 0 Å². The van der Waals surface area contributed by atoms with Crippen LogP contribution in [0.15, 0.2) is 11.8 Å². The highest BCUT2D eigenvalue weighted by Gasteiger charge is 1.87. The molecule has 0 unspecified atom stereocenters. The molecule has 3 heteroatoms. The highest BCUT2D eigenvalue weighted by Crippen LogP contribution is 1.94. The number of hydrogen-bond acceptors (Lipinski definition) is 3. The largest absolute Gasteiger partial charge is 0.499 e. The molecule has 0 bridgehead atoms. The molecule has 0 aromatic heterocycles. The molecule has 0 heterocycles. The van der Waals surface area contributed by atoms with Crippen molar-refractivity contribution in [2.24, 2.45) is 0 Å². The minimum atomic E-state index is 0.387. The van der Waals surface area contributed by atoms with E-state index in [1.54, 1.807) is 20.5 Å². The van der Waals surface area contributed by atoms with Crippen molar-refractivity contribution in [2.75, 3.05) is 34.0 Å². The molecular formula is C14H20O3. The van der Waals surface area contributed by atoms with Crippen LogP contribution in [-0.2, 0) is 14.2 Å². The van der Waals surface area contributed by atoms with Crippen LogP contribution in [0.1, 0.15) is 19.8 Å². The van der Waals surface area contributed by atoms with Crippen LogP contribution >= 0.6 is 0 Å². The summed E-state index contributed by atoms with van der Waals surface area (Å²) in [6.07, 6.45) is 3.73. The third-order valence-corrected chi connectivity index (χ3v) is 1.70. The first kappa shape index (κ1) is 15.6. The quantitative estimate of drug-likeness (QED) is 0.401. The molecule has 0 spiro atoms. The maximum atomic E-state index is 5.35. The first-order valence-corrected chi connectivity index (χ1v) is 5.62. The minimum absolute atomic E-state index is 0.387. The summed E-state index contributed by atoms with van der Waals surface area (Å²) in [6.45, 7) is 3.58. The molecule has 0 aliphatic heterocycles. The number of unbranched alkanes of at least 4 members (excludes halogenated alkanes) is 1. The Morgan fingerprint density at radius 2 is 1.65 bits per heavy atom. The van der Waals surface area contributed by atoms with Crippen LogP contribution in [0.2, 0.25) is 0 Å². The Labute approximate surface area is 104 Å². The molecule has 0 rings (SSSR count). The zero-order valence-corrected chi connectivity index (χ0v) is 10.8. The second kappa shape index (κ2) is 12.6. The number of rotatable bonds is 6. The van der Waals surface area contributed by atoms with Gasteiger partial charge in [-0.15, -0.1) is 0 Å². The monoisotopic (exact) mass is 236 g/mol. The van der Waals surface area contributed by atoms with Gasteiger partial charge >= 0.3 is 0 Å². The van der Waals surface area contributed by atoms with Crippen LogP contribution in [0, 0.1) is 23.7 Å². The third kappa shape index (κ3) is 10.9. The lowest BCUT2D eigenvalue weighted by molar-refractivity contribution is 0.239. The van der Waals surface area contributed by atoms with Gasteiger partial charge < -0.3 is 14.2 Å². The van der Waals surface area contributed by atoms with Crippen LogP contribution in [0.25, 0.3) is 0 Å². The van der Waals surface area contributed by atoms with E-state index in [-0.39, 0.29) is 0 Å². The fourth-order valence-corrected chi connectivity index (χ4v) is 0.867. The number of hydrogen-bond donors (Lipinski definition) is 0. The van der Waals surface area contributed by atoms with Crippen LogP contribution in [0.5, 0.6) is 0 Å². The van der Waals surface area contributed by atoms with Gasteiger partial charge in [-0.3, -0.25) is 0 Å². The molecule has 0 saturated carbocycles. The lowest BCUT2D eigenvalue weighted by Gasteiger charge is -1.97. The maximum absolute atomic E-state index is 5.35. The Kier molecular flexibility index (Phi) is 11.6. The number of methoxy groups -OCH3 is 2. The molecule has 0 amide bonds. The van der Waals surface area contributed by atoms with Crippen molar-refractivity contribution >= 4 is 0 Å². The Bertz CT molecular complexity index is 297. The summed E-state index contributed by atoms with van der Waals surface area (Å²) in [6, 6.07) is 0. The van der Waals surface area contributed by atoms with Gasteiger partial charge in [0.05, 0.1) is 6.61 Å². The standard InChI is InChI=1S/C14H20O3/c1-4-5-12-17-13-14(8-6-10-15-2)9-7-11-16-3/h13H,4-5,10-12H2,1-3H3. The van der Waals surface area contributed by atoms with E-state index in [2.05, 4.69) is 30.6 Å². The van der Waals surface area contributed by atoms with Gasteiger partial charge in [-0.1, -0.05) is 37.0 Å². The predicted molar refractivity (Wildman–Crippen MR) is 68.2 cm³/mol. The lowest BCUT2D eigenvalue weighted by atomic mass is 10.3. The molecule has 0 aromatic carbocycles. The first-order valence-electron chi connectivity index (χ1n) is 5.62. The Hall–Kier alpha value is -1.42. The van der Waals surface area contributed by atoms with Gasteiger partial charge in [0.15, 0.2) is 0 Å². The van der Waals surface area contributed by atoms with Gasteiger partial charge in [-0.25, -0.2) is 0 Å². The Morgan fingerprint density at radius 3 is 2.12 bits per heavy atom. The zero-order chi connectivity index (χ0) is 12.8. The van der Waals surface area contributed by atoms with Crippen molar-refractivity contribution in [1.82, 2.24) is 0 Å². The lowest BCUT2D eigenvalue weighted by Crippen LogP contribution is -1.89. The smallest absolute Gasteiger partial charge is 0.109 e. The molecule has 0 aromatic rings. The molecular weight excluding hydrogens is 216 g/mol. The van der Waals surface area contributed by atoms with Gasteiger partial charge in [-0.2, -0.15) is 0 Å². The van der Waals surface area contributed by atoms with Gasteiger partial charge in [0.2, 0.25) is 0 Å². The van der Waals surface area contributed by atoms with Crippen molar-refractivity contribution in [2.45, 2.75) is 19.8 Å². The van der Waals surface area contributed by atoms with Crippen LogP contribution in [0.3, 0.4) is 0 Å². The molecule has 0 fully saturated rings. The molecule has 0 saturated heterocycles.